The first-order chi connectivity index (χ1) is 14.3. The number of nitrogens with one attached hydrogen (secondary N) is 2. The Morgan fingerprint density at radius 1 is 1.10 bits per heavy atom. The van der Waals surface area contributed by atoms with Crippen molar-refractivity contribution in [2.75, 3.05) is 25.0 Å². The number of piperidine rings is 1. The molecule has 7 nitrogen and oxygen atoms in total. The van der Waals surface area contributed by atoms with Crippen LogP contribution in [-0.2, 0) is 4.74 Å². The van der Waals surface area contributed by atoms with Gasteiger partial charge in [0.1, 0.15) is 0 Å². The quantitative estimate of drug-likeness (QED) is 0.714. The van der Waals surface area contributed by atoms with Crippen LogP contribution >= 0.6 is 0 Å². The fourth-order valence-corrected chi connectivity index (χ4v) is 4.64. The molecule has 0 bridgehead atoms. The first-order valence-corrected chi connectivity index (χ1v) is 10.3. The number of carbonyl (C=O) groups is 1. The summed E-state index contributed by atoms with van der Waals surface area (Å²) in [6.07, 6.45) is 8.38. The van der Waals surface area contributed by atoms with Crippen molar-refractivity contribution in [3.63, 3.8) is 0 Å². The lowest BCUT2D eigenvalue weighted by atomic mass is 9.87. The van der Waals surface area contributed by atoms with Gasteiger partial charge in [-0.25, -0.2) is 9.97 Å². The molecule has 2 aliphatic heterocycles. The Kier molecular flexibility index (Phi) is 4.89. The number of hydrogen-bond acceptors (Lipinski definition) is 5. The summed E-state index contributed by atoms with van der Waals surface area (Å²) in [7, 11) is 0. The number of aromatic nitrogens is 3. The number of likely N-dealkylation sites (tertiary alicyclic amines) is 1. The number of amides is 1. The number of anilines is 1. The van der Waals surface area contributed by atoms with Gasteiger partial charge in [0.25, 0.3) is 5.91 Å². The normalized spacial score (nSPS) is 22.8. The average Bonchev–Trinajstić information content (AvgIpc) is 3.43. The summed E-state index contributed by atoms with van der Waals surface area (Å²) in [6.45, 7) is 2.28. The topological polar surface area (TPSA) is 83.1 Å². The van der Waals surface area contributed by atoms with Gasteiger partial charge in [0.15, 0.2) is 0 Å². The van der Waals surface area contributed by atoms with E-state index in [0.717, 1.165) is 55.4 Å². The zero-order valence-corrected chi connectivity index (χ0v) is 16.3. The van der Waals surface area contributed by atoms with Crippen LogP contribution in [0.25, 0.3) is 10.9 Å². The highest BCUT2D eigenvalue weighted by atomic mass is 16.5. The second kappa shape index (κ2) is 7.83. The molecule has 29 heavy (non-hydrogen) atoms. The van der Waals surface area contributed by atoms with Crippen LogP contribution in [0.2, 0.25) is 0 Å². The molecule has 3 aromatic rings. The lowest BCUT2D eigenvalue weighted by Gasteiger charge is -2.36. The monoisotopic (exact) mass is 391 g/mol. The predicted molar refractivity (Wildman–Crippen MR) is 111 cm³/mol. The molecule has 0 radical (unpaired) electrons. The SMILES string of the molecule is O=C(c1cccc2[nH]ccc12)N1CCC(C2OCCC2Nc2ncccn2)CC1. The van der Waals surface area contributed by atoms with Gasteiger partial charge in [0, 0.05) is 54.8 Å². The van der Waals surface area contributed by atoms with Gasteiger partial charge in [-0.15, -0.1) is 0 Å². The number of nitrogens with zero attached hydrogens (tertiary/aromatic N) is 3. The molecule has 2 unspecified atom stereocenters. The molecular formula is C22H25N5O2. The number of benzene rings is 1. The highest BCUT2D eigenvalue weighted by Gasteiger charge is 2.37. The van der Waals surface area contributed by atoms with Crippen molar-refractivity contribution in [2.45, 2.75) is 31.4 Å². The molecule has 2 aliphatic rings. The summed E-state index contributed by atoms with van der Waals surface area (Å²) < 4.78 is 6.08. The second-order valence-electron chi connectivity index (χ2n) is 7.82. The van der Waals surface area contributed by atoms with Crippen LogP contribution < -0.4 is 5.32 Å². The number of aromatic amines is 1. The number of ether oxygens (including phenoxy) is 1. The standard InChI is InChI=1S/C22H25N5O2/c28-21(17-3-1-4-18-16(17)5-11-23-18)27-12-6-15(7-13-27)20-19(8-14-29-20)26-22-24-9-2-10-25-22/h1-5,9-11,15,19-20,23H,6-8,12-14H2,(H,24,25,26). The number of carbonyl (C=O) groups excluding carboxylic acids is 1. The highest BCUT2D eigenvalue weighted by Crippen LogP contribution is 2.31. The van der Waals surface area contributed by atoms with Gasteiger partial charge >= 0.3 is 0 Å². The minimum absolute atomic E-state index is 0.119. The molecule has 0 aliphatic carbocycles. The Bertz CT molecular complexity index is 981. The van der Waals surface area contributed by atoms with Crippen LogP contribution in [-0.4, -0.2) is 57.6 Å². The van der Waals surface area contributed by atoms with Crippen LogP contribution in [0.15, 0.2) is 48.9 Å². The molecule has 2 N–H and O–H groups in total. The van der Waals surface area contributed by atoms with E-state index in [1.54, 1.807) is 12.4 Å². The summed E-state index contributed by atoms with van der Waals surface area (Å²) in [4.78, 5) is 26.8. The van der Waals surface area contributed by atoms with Crippen molar-refractivity contribution in [1.82, 2.24) is 19.9 Å². The van der Waals surface area contributed by atoms with Crippen molar-refractivity contribution in [1.29, 1.82) is 0 Å². The Labute approximate surface area is 169 Å². The second-order valence-corrected chi connectivity index (χ2v) is 7.82. The maximum Gasteiger partial charge on any atom is 0.254 e. The Morgan fingerprint density at radius 3 is 2.76 bits per heavy atom. The van der Waals surface area contributed by atoms with Gasteiger partial charge in [-0.3, -0.25) is 4.79 Å². The Balaban J connectivity index is 1.23. The van der Waals surface area contributed by atoms with Crippen LogP contribution in [0.3, 0.4) is 0 Å². The molecule has 150 valence electrons. The van der Waals surface area contributed by atoms with E-state index in [1.807, 2.05) is 41.4 Å². The summed E-state index contributed by atoms with van der Waals surface area (Å²) >= 11 is 0. The first kappa shape index (κ1) is 18.1. The summed E-state index contributed by atoms with van der Waals surface area (Å²) in [5.41, 5.74) is 1.78. The van der Waals surface area contributed by atoms with Crippen molar-refractivity contribution in [3.05, 3.63) is 54.5 Å². The van der Waals surface area contributed by atoms with E-state index in [0.29, 0.717) is 11.9 Å². The maximum absolute atomic E-state index is 13.1. The molecule has 2 saturated heterocycles. The number of fused-ring (bicyclic) bond motifs is 1. The van der Waals surface area contributed by atoms with Gasteiger partial charge in [-0.05, 0) is 49.4 Å². The van der Waals surface area contributed by atoms with E-state index in [2.05, 4.69) is 20.3 Å². The van der Waals surface area contributed by atoms with Crippen molar-refractivity contribution in [2.24, 2.45) is 5.92 Å². The number of rotatable bonds is 4. The molecule has 1 aromatic carbocycles. The molecule has 2 aromatic heterocycles. The first-order valence-electron chi connectivity index (χ1n) is 10.3. The van der Waals surface area contributed by atoms with Crippen LogP contribution in [0.4, 0.5) is 5.95 Å². The summed E-state index contributed by atoms with van der Waals surface area (Å²) in [5.74, 6) is 1.21. The smallest absolute Gasteiger partial charge is 0.254 e. The Morgan fingerprint density at radius 2 is 1.93 bits per heavy atom. The Hall–Kier alpha value is -2.93. The fraction of sp³-hybridized carbons (Fsp3) is 0.409. The zero-order valence-electron chi connectivity index (χ0n) is 16.3. The third kappa shape index (κ3) is 3.58. The lowest BCUT2D eigenvalue weighted by molar-refractivity contribution is 0.0261. The fourth-order valence-electron chi connectivity index (χ4n) is 4.64. The molecule has 2 fully saturated rings. The largest absolute Gasteiger partial charge is 0.376 e. The molecule has 1 amide bonds. The van der Waals surface area contributed by atoms with E-state index in [4.69, 9.17) is 4.74 Å². The average molecular weight is 391 g/mol. The minimum Gasteiger partial charge on any atom is -0.376 e. The van der Waals surface area contributed by atoms with Gasteiger partial charge < -0.3 is 19.9 Å². The molecule has 2 atom stereocenters. The number of hydrogen-bond donors (Lipinski definition) is 2. The molecule has 7 heteroatoms. The van der Waals surface area contributed by atoms with E-state index in [-0.39, 0.29) is 18.1 Å². The van der Waals surface area contributed by atoms with E-state index in [9.17, 15) is 4.79 Å². The molecular weight excluding hydrogens is 366 g/mol. The molecule has 0 spiro atoms. The van der Waals surface area contributed by atoms with Crippen LogP contribution in [0.1, 0.15) is 29.6 Å². The third-order valence-electron chi connectivity index (χ3n) is 6.13. The predicted octanol–water partition coefficient (Wildman–Crippen LogP) is 3.08. The molecule has 0 saturated carbocycles. The van der Waals surface area contributed by atoms with Gasteiger partial charge in [-0.2, -0.15) is 0 Å². The van der Waals surface area contributed by atoms with Crippen molar-refractivity contribution >= 4 is 22.8 Å². The zero-order chi connectivity index (χ0) is 19.6. The number of H-pyrrole nitrogens is 1. The van der Waals surface area contributed by atoms with Crippen LogP contribution in [0, 0.1) is 5.92 Å². The third-order valence-corrected chi connectivity index (χ3v) is 6.13. The van der Waals surface area contributed by atoms with Gasteiger partial charge in [0.2, 0.25) is 5.95 Å². The molecule has 4 heterocycles. The van der Waals surface area contributed by atoms with Crippen molar-refractivity contribution < 1.29 is 9.53 Å². The highest BCUT2D eigenvalue weighted by molar-refractivity contribution is 6.06. The van der Waals surface area contributed by atoms with E-state index >= 15 is 0 Å². The minimum atomic E-state index is 0.119. The summed E-state index contributed by atoms with van der Waals surface area (Å²) in [5, 5.41) is 4.43. The lowest BCUT2D eigenvalue weighted by Crippen LogP contribution is -2.44. The van der Waals surface area contributed by atoms with Gasteiger partial charge in [-0.1, -0.05) is 6.07 Å². The van der Waals surface area contributed by atoms with E-state index in [1.165, 1.54) is 0 Å². The molecule has 5 rings (SSSR count). The van der Waals surface area contributed by atoms with Crippen molar-refractivity contribution in [3.8, 4) is 0 Å². The van der Waals surface area contributed by atoms with Crippen LogP contribution in [0.5, 0.6) is 0 Å². The van der Waals surface area contributed by atoms with Gasteiger partial charge in [0.05, 0.1) is 12.1 Å². The summed E-state index contributed by atoms with van der Waals surface area (Å²) in [6, 6.07) is 9.87. The van der Waals surface area contributed by atoms with E-state index < -0.39 is 0 Å². The maximum atomic E-state index is 13.1.